The van der Waals surface area contributed by atoms with Crippen LogP contribution in [0, 0.1) is 17.5 Å². The number of imidazole rings is 1. The molecule has 3 heterocycles. The van der Waals surface area contributed by atoms with Crippen molar-refractivity contribution in [3.63, 3.8) is 0 Å². The van der Waals surface area contributed by atoms with Gasteiger partial charge in [0, 0.05) is 31.7 Å². The normalized spacial score (nSPS) is 22.5. The first-order valence-electron chi connectivity index (χ1n) is 12.1. The van der Waals surface area contributed by atoms with Crippen LogP contribution >= 0.6 is 0 Å². The third-order valence-electron chi connectivity index (χ3n) is 6.62. The summed E-state index contributed by atoms with van der Waals surface area (Å²) < 4.78 is 56.6. The second-order valence-corrected chi connectivity index (χ2v) is 9.26. The summed E-state index contributed by atoms with van der Waals surface area (Å²) in [7, 11) is 0. The van der Waals surface area contributed by atoms with E-state index in [1.54, 1.807) is 4.57 Å². The van der Waals surface area contributed by atoms with Gasteiger partial charge in [0.25, 0.3) is 0 Å². The number of halogens is 3. The number of carbonyl (C=O) groups is 1. The minimum atomic E-state index is -1.18. The molecule has 1 saturated heterocycles. The number of aliphatic hydroxyl groups excluding tert-OH is 1. The van der Waals surface area contributed by atoms with Gasteiger partial charge >= 0.3 is 5.97 Å². The minimum Gasteiger partial charge on any atom is -0.444 e. The topological polar surface area (TPSA) is 116 Å². The lowest BCUT2D eigenvalue weighted by atomic mass is 9.93. The third kappa shape index (κ3) is 5.32. The van der Waals surface area contributed by atoms with E-state index in [1.807, 2.05) is 0 Å². The molecular formula is C24H27F3N6O4. The molecule has 1 saturated carbocycles. The van der Waals surface area contributed by atoms with Crippen molar-refractivity contribution in [2.45, 2.75) is 63.9 Å². The van der Waals surface area contributed by atoms with E-state index in [2.05, 4.69) is 15.3 Å². The monoisotopic (exact) mass is 520 g/mol. The standard InChI is InChI=1S/C24H27F3N6O4/c1-13(34)37-12-32-20-10-28-23(29-15-2-4-17(35)5-3-15)31-22(20)33(16-6-7-36-11-16)24(32)30-21-18(26)8-14(25)9-19(21)27/h8-10,15-17,35H,2-7,11-12H2,1H3,(H,28,29,31)/b30-24+/t15?,16-,17?/m0/s1. The van der Waals surface area contributed by atoms with Gasteiger partial charge in [0.15, 0.2) is 24.0 Å². The van der Waals surface area contributed by atoms with Crippen LogP contribution in [0.2, 0.25) is 0 Å². The molecule has 3 aromatic rings. The van der Waals surface area contributed by atoms with Crippen LogP contribution in [0.1, 0.15) is 45.1 Å². The lowest BCUT2D eigenvalue weighted by Crippen LogP contribution is -2.30. The minimum absolute atomic E-state index is 0.0448. The third-order valence-corrected chi connectivity index (χ3v) is 6.62. The van der Waals surface area contributed by atoms with Crippen LogP contribution < -0.4 is 10.9 Å². The Labute approximate surface area is 209 Å². The molecule has 2 aromatic heterocycles. The summed E-state index contributed by atoms with van der Waals surface area (Å²) in [6.45, 7) is 1.70. The van der Waals surface area contributed by atoms with Gasteiger partial charge in [-0.25, -0.2) is 23.1 Å². The second kappa shape index (κ2) is 10.5. The van der Waals surface area contributed by atoms with Crippen LogP contribution in [0.3, 0.4) is 0 Å². The van der Waals surface area contributed by atoms with E-state index in [-0.39, 0.29) is 30.5 Å². The van der Waals surface area contributed by atoms with Crippen LogP contribution in [0.5, 0.6) is 0 Å². The maximum atomic E-state index is 14.6. The molecule has 0 amide bonds. The Morgan fingerprint density at radius 2 is 1.95 bits per heavy atom. The summed E-state index contributed by atoms with van der Waals surface area (Å²) in [4.78, 5) is 25.0. The molecule has 0 bridgehead atoms. The van der Waals surface area contributed by atoms with Crippen molar-refractivity contribution in [3.8, 4) is 0 Å². The number of anilines is 1. The predicted molar refractivity (Wildman–Crippen MR) is 125 cm³/mol. The average molecular weight is 521 g/mol. The summed E-state index contributed by atoms with van der Waals surface area (Å²) in [5.74, 6) is -3.64. The SMILES string of the molecule is CC(=O)OCn1/c(=N\c2c(F)cc(F)cc2F)n([C@H]2CCOC2)c2nc(NC3CCC(O)CC3)ncc21. The van der Waals surface area contributed by atoms with Gasteiger partial charge in [-0.05, 0) is 32.1 Å². The van der Waals surface area contributed by atoms with Gasteiger partial charge in [-0.15, -0.1) is 0 Å². The van der Waals surface area contributed by atoms with Crippen molar-refractivity contribution in [2.75, 3.05) is 18.5 Å². The highest BCUT2D eigenvalue weighted by atomic mass is 19.1. The largest absolute Gasteiger partial charge is 0.444 e. The molecule has 2 aliphatic rings. The molecule has 1 aromatic carbocycles. The number of ether oxygens (including phenoxy) is 2. The first kappa shape index (κ1) is 25.2. The Kier molecular flexibility index (Phi) is 7.15. The quantitative estimate of drug-likeness (QED) is 0.480. The molecule has 10 nitrogen and oxygen atoms in total. The maximum Gasteiger partial charge on any atom is 0.304 e. The van der Waals surface area contributed by atoms with Crippen LogP contribution in [0.15, 0.2) is 23.3 Å². The fourth-order valence-electron chi connectivity index (χ4n) is 4.74. The number of fused-ring (bicyclic) bond motifs is 1. The number of carbonyl (C=O) groups excluding carboxylic acids is 1. The Morgan fingerprint density at radius 1 is 1.22 bits per heavy atom. The Bertz CT molecular complexity index is 1350. The second-order valence-electron chi connectivity index (χ2n) is 9.26. The number of rotatable bonds is 6. The highest BCUT2D eigenvalue weighted by Gasteiger charge is 2.27. The van der Waals surface area contributed by atoms with Crippen molar-refractivity contribution in [3.05, 3.63) is 41.4 Å². The average Bonchev–Trinajstić information content (AvgIpc) is 3.47. The Morgan fingerprint density at radius 3 is 2.59 bits per heavy atom. The van der Waals surface area contributed by atoms with E-state index in [1.165, 1.54) is 17.7 Å². The molecule has 1 atom stereocenters. The number of benzene rings is 1. The van der Waals surface area contributed by atoms with Gasteiger partial charge in [-0.2, -0.15) is 4.98 Å². The zero-order chi connectivity index (χ0) is 26.1. The number of aliphatic hydroxyl groups is 1. The highest BCUT2D eigenvalue weighted by molar-refractivity contribution is 5.72. The summed E-state index contributed by atoms with van der Waals surface area (Å²) >= 11 is 0. The van der Waals surface area contributed by atoms with Crippen molar-refractivity contribution >= 4 is 28.8 Å². The molecule has 13 heteroatoms. The molecule has 0 radical (unpaired) electrons. The van der Waals surface area contributed by atoms with Crippen LogP contribution in [-0.4, -0.2) is 55.5 Å². The van der Waals surface area contributed by atoms with Crippen molar-refractivity contribution < 1.29 is 32.5 Å². The highest BCUT2D eigenvalue weighted by Crippen LogP contribution is 2.27. The molecule has 0 spiro atoms. The van der Waals surface area contributed by atoms with Gasteiger partial charge < -0.3 is 19.9 Å². The lowest BCUT2D eigenvalue weighted by molar-refractivity contribution is -0.144. The molecule has 2 fully saturated rings. The summed E-state index contributed by atoms with van der Waals surface area (Å²) in [6, 6.07) is 0.901. The number of aromatic nitrogens is 4. The van der Waals surface area contributed by atoms with Crippen molar-refractivity contribution in [1.82, 2.24) is 19.1 Å². The van der Waals surface area contributed by atoms with Gasteiger partial charge in [-0.1, -0.05) is 0 Å². The summed E-state index contributed by atoms with van der Waals surface area (Å²) in [5.41, 5.74) is 0.175. The zero-order valence-electron chi connectivity index (χ0n) is 20.2. The predicted octanol–water partition coefficient (Wildman–Crippen LogP) is 3.08. The van der Waals surface area contributed by atoms with E-state index in [4.69, 9.17) is 14.5 Å². The van der Waals surface area contributed by atoms with Crippen molar-refractivity contribution in [1.29, 1.82) is 0 Å². The van der Waals surface area contributed by atoms with E-state index in [0.717, 1.165) is 12.8 Å². The molecule has 5 rings (SSSR count). The van der Waals surface area contributed by atoms with Gasteiger partial charge in [0.05, 0.1) is 24.9 Å². The summed E-state index contributed by atoms with van der Waals surface area (Å²) in [5, 5.41) is 13.1. The molecule has 2 N–H and O–H groups in total. The number of hydrogen-bond acceptors (Lipinski definition) is 8. The van der Waals surface area contributed by atoms with Crippen LogP contribution in [0.4, 0.5) is 24.8 Å². The molecule has 37 heavy (non-hydrogen) atoms. The van der Waals surface area contributed by atoms with Crippen molar-refractivity contribution in [2.24, 2.45) is 4.99 Å². The number of nitrogens with zero attached hydrogens (tertiary/aromatic N) is 5. The van der Waals surface area contributed by atoms with Gasteiger partial charge in [0.1, 0.15) is 17.0 Å². The van der Waals surface area contributed by atoms with E-state index >= 15 is 0 Å². The zero-order valence-corrected chi connectivity index (χ0v) is 20.2. The van der Waals surface area contributed by atoms with Gasteiger partial charge in [-0.3, -0.25) is 13.9 Å². The first-order valence-corrected chi connectivity index (χ1v) is 12.1. The maximum absolute atomic E-state index is 14.6. The Hall–Kier alpha value is -3.45. The lowest BCUT2D eigenvalue weighted by Gasteiger charge is -2.26. The van der Waals surface area contributed by atoms with Crippen LogP contribution in [0.25, 0.3) is 11.2 Å². The Balaban J connectivity index is 1.69. The van der Waals surface area contributed by atoms with Gasteiger partial charge in [0.2, 0.25) is 11.6 Å². The van der Waals surface area contributed by atoms with E-state index < -0.39 is 29.1 Å². The van der Waals surface area contributed by atoms with E-state index in [9.17, 15) is 23.1 Å². The molecule has 198 valence electrons. The van der Waals surface area contributed by atoms with E-state index in [0.29, 0.717) is 61.7 Å². The summed E-state index contributed by atoms with van der Waals surface area (Å²) in [6.07, 6.45) is 4.67. The first-order chi connectivity index (χ1) is 17.8. The molecular weight excluding hydrogens is 493 g/mol. The number of hydrogen-bond donors (Lipinski definition) is 2. The number of esters is 1. The smallest absolute Gasteiger partial charge is 0.304 e. The fourth-order valence-corrected chi connectivity index (χ4v) is 4.74. The molecule has 1 aliphatic heterocycles. The molecule has 0 unspecified atom stereocenters. The fraction of sp³-hybridized carbons (Fsp3) is 0.500. The molecule has 1 aliphatic carbocycles. The number of nitrogens with one attached hydrogen (secondary N) is 1. The van der Waals surface area contributed by atoms with Crippen LogP contribution in [-0.2, 0) is 21.0 Å².